The van der Waals surface area contributed by atoms with Crippen LogP contribution in [0.2, 0.25) is 0 Å². The minimum absolute atomic E-state index is 0.299. The third kappa shape index (κ3) is 5.59. The number of alkyl halides is 4. The molecule has 0 bridgehead atoms. The Morgan fingerprint density at radius 1 is 0.500 bits per heavy atom. The van der Waals surface area contributed by atoms with E-state index in [2.05, 4.69) is 21.3 Å². The smallest absolute Gasteiger partial charge is 0.163 e. The van der Waals surface area contributed by atoms with Crippen molar-refractivity contribution >= 4 is 0 Å². The molecule has 8 heteroatoms. The average Bonchev–Trinajstić information content (AvgIpc) is 2.27. The summed E-state index contributed by atoms with van der Waals surface area (Å²) >= 11 is 0. The highest BCUT2D eigenvalue weighted by Gasteiger charge is 2.17. The molecule has 1 fully saturated rings. The monoisotopic (exact) mass is 244 g/mol. The van der Waals surface area contributed by atoms with Crippen LogP contribution in [0.25, 0.3) is 0 Å². The van der Waals surface area contributed by atoms with Crippen LogP contribution in [0.15, 0.2) is 0 Å². The van der Waals surface area contributed by atoms with Crippen molar-refractivity contribution < 1.29 is 17.6 Å². The Morgan fingerprint density at radius 3 is 0.875 bits per heavy atom. The Bertz CT molecular complexity index is 141. The Morgan fingerprint density at radius 2 is 0.688 bits per heavy atom. The van der Waals surface area contributed by atoms with Gasteiger partial charge in [0.25, 0.3) is 0 Å². The van der Waals surface area contributed by atoms with E-state index in [9.17, 15) is 17.6 Å². The van der Waals surface area contributed by atoms with Crippen molar-refractivity contribution in [3.05, 3.63) is 0 Å². The van der Waals surface area contributed by atoms with Crippen molar-refractivity contribution in [2.75, 3.05) is 26.2 Å². The van der Waals surface area contributed by atoms with Gasteiger partial charge in [-0.05, 0) is 0 Å². The van der Waals surface area contributed by atoms with Gasteiger partial charge in [-0.3, -0.25) is 21.3 Å². The lowest BCUT2D eigenvalue weighted by Gasteiger charge is -2.20. The zero-order valence-corrected chi connectivity index (χ0v) is 8.65. The number of hydrogen-bond acceptors (Lipinski definition) is 4. The number of nitrogens with one attached hydrogen (secondary N) is 4. The number of hydrogen-bond donors (Lipinski definition) is 4. The van der Waals surface area contributed by atoms with Crippen molar-refractivity contribution in [3.8, 4) is 0 Å². The molecule has 1 heterocycles. The molecule has 4 unspecified atom stereocenters. The molecular formula is C8H16F4N4. The molecule has 1 aliphatic rings. The van der Waals surface area contributed by atoms with Crippen LogP contribution in [-0.4, -0.2) is 51.4 Å². The maximum absolute atomic E-state index is 13.0. The molecule has 1 saturated heterocycles. The van der Waals surface area contributed by atoms with Gasteiger partial charge in [0.05, 0.1) is 0 Å². The Kier molecular flexibility index (Phi) is 5.96. The molecule has 4 nitrogen and oxygen atoms in total. The molecule has 96 valence electrons. The molecule has 0 spiro atoms. The summed E-state index contributed by atoms with van der Waals surface area (Å²) in [5.41, 5.74) is 0. The first-order valence-corrected chi connectivity index (χ1v) is 5.07. The lowest BCUT2D eigenvalue weighted by Crippen LogP contribution is -2.50. The maximum atomic E-state index is 13.0. The fraction of sp³-hybridized carbons (Fsp3) is 1.00. The second kappa shape index (κ2) is 7.00. The van der Waals surface area contributed by atoms with Crippen LogP contribution >= 0.6 is 0 Å². The molecule has 1 rings (SSSR count). The topological polar surface area (TPSA) is 48.1 Å². The first-order chi connectivity index (χ1) is 7.58. The summed E-state index contributed by atoms with van der Waals surface area (Å²) in [5, 5.41) is 8.84. The molecule has 4 atom stereocenters. The zero-order valence-electron chi connectivity index (χ0n) is 8.65. The van der Waals surface area contributed by atoms with Gasteiger partial charge in [-0.25, -0.2) is 17.6 Å². The van der Waals surface area contributed by atoms with E-state index in [1.54, 1.807) is 0 Å². The van der Waals surface area contributed by atoms with Gasteiger partial charge in [-0.2, -0.15) is 0 Å². The van der Waals surface area contributed by atoms with Crippen LogP contribution in [0, 0.1) is 0 Å². The summed E-state index contributed by atoms with van der Waals surface area (Å²) in [6, 6.07) is 0. The maximum Gasteiger partial charge on any atom is 0.163 e. The molecule has 4 N–H and O–H groups in total. The van der Waals surface area contributed by atoms with Crippen molar-refractivity contribution in [1.82, 2.24) is 21.3 Å². The molecule has 0 aromatic rings. The normalized spacial score (nSPS) is 39.8. The van der Waals surface area contributed by atoms with E-state index in [1.807, 2.05) is 0 Å². The van der Waals surface area contributed by atoms with E-state index in [0.717, 1.165) is 0 Å². The van der Waals surface area contributed by atoms with Crippen molar-refractivity contribution in [1.29, 1.82) is 0 Å². The van der Waals surface area contributed by atoms with E-state index in [0.29, 0.717) is 0 Å². The summed E-state index contributed by atoms with van der Waals surface area (Å²) in [7, 11) is 0. The van der Waals surface area contributed by atoms with Gasteiger partial charge >= 0.3 is 0 Å². The van der Waals surface area contributed by atoms with Gasteiger partial charge in [0.2, 0.25) is 0 Å². The van der Waals surface area contributed by atoms with Crippen LogP contribution in [-0.2, 0) is 0 Å². The zero-order chi connectivity index (χ0) is 12.0. The molecule has 0 aromatic carbocycles. The minimum atomic E-state index is -1.54. The second-order valence-corrected chi connectivity index (χ2v) is 3.50. The fourth-order valence-corrected chi connectivity index (χ4v) is 1.21. The predicted octanol–water partition coefficient (Wildman–Crippen LogP) is -0.459. The van der Waals surface area contributed by atoms with Crippen LogP contribution in [0.1, 0.15) is 0 Å². The summed E-state index contributed by atoms with van der Waals surface area (Å²) in [4.78, 5) is 0. The van der Waals surface area contributed by atoms with Crippen LogP contribution < -0.4 is 21.3 Å². The molecule has 1 aliphatic heterocycles. The Hall–Kier alpha value is -0.440. The van der Waals surface area contributed by atoms with Gasteiger partial charge < -0.3 is 0 Å². The van der Waals surface area contributed by atoms with Crippen LogP contribution in [0.3, 0.4) is 0 Å². The largest absolute Gasteiger partial charge is 0.282 e. The summed E-state index contributed by atoms with van der Waals surface area (Å²) in [6.07, 6.45) is -6.17. The summed E-state index contributed by atoms with van der Waals surface area (Å²) in [5.74, 6) is 0. The molecule has 0 saturated carbocycles. The average molecular weight is 244 g/mol. The van der Waals surface area contributed by atoms with E-state index in [-0.39, 0.29) is 26.2 Å². The van der Waals surface area contributed by atoms with Gasteiger partial charge in [0.15, 0.2) is 25.2 Å². The fourth-order valence-electron chi connectivity index (χ4n) is 1.21. The molecule has 16 heavy (non-hydrogen) atoms. The standard InChI is InChI=1S/C8H16F4N4/c9-5-1-13-6(10)2-15-8(12)4-16-7(11)3-14-5/h5-8,13-16H,1-4H2. The summed E-state index contributed by atoms with van der Waals surface area (Å²) < 4.78 is 51.9. The first-order valence-electron chi connectivity index (χ1n) is 5.07. The van der Waals surface area contributed by atoms with Crippen LogP contribution in [0.4, 0.5) is 17.6 Å². The van der Waals surface area contributed by atoms with Crippen LogP contribution in [0.5, 0.6) is 0 Å². The molecule has 0 radical (unpaired) electrons. The molecule has 0 amide bonds. The van der Waals surface area contributed by atoms with E-state index in [1.165, 1.54) is 0 Å². The van der Waals surface area contributed by atoms with Crippen molar-refractivity contribution in [2.45, 2.75) is 25.2 Å². The van der Waals surface area contributed by atoms with E-state index < -0.39 is 25.2 Å². The van der Waals surface area contributed by atoms with E-state index >= 15 is 0 Å². The first kappa shape index (κ1) is 13.6. The van der Waals surface area contributed by atoms with Gasteiger partial charge in [0.1, 0.15) is 0 Å². The molecule has 0 aliphatic carbocycles. The molecule has 0 aromatic heterocycles. The Labute approximate surface area is 91.1 Å². The van der Waals surface area contributed by atoms with Gasteiger partial charge in [-0.1, -0.05) is 0 Å². The Balaban J connectivity index is 2.39. The van der Waals surface area contributed by atoms with Crippen molar-refractivity contribution in [3.63, 3.8) is 0 Å². The number of halogens is 4. The third-order valence-electron chi connectivity index (χ3n) is 2.07. The lowest BCUT2D eigenvalue weighted by molar-refractivity contribution is 0.146. The third-order valence-corrected chi connectivity index (χ3v) is 2.07. The van der Waals surface area contributed by atoms with Crippen molar-refractivity contribution in [2.24, 2.45) is 0 Å². The quantitative estimate of drug-likeness (QED) is 0.344. The summed E-state index contributed by atoms with van der Waals surface area (Å²) in [6.45, 7) is -1.20. The number of rotatable bonds is 0. The highest BCUT2D eigenvalue weighted by Crippen LogP contribution is 1.94. The second-order valence-electron chi connectivity index (χ2n) is 3.50. The SMILES string of the molecule is FC1CNC(F)CNC(F)CNC(F)CN1. The minimum Gasteiger partial charge on any atom is -0.282 e. The lowest BCUT2D eigenvalue weighted by atomic mass is 10.4. The highest BCUT2D eigenvalue weighted by atomic mass is 19.2. The van der Waals surface area contributed by atoms with Gasteiger partial charge in [0, 0.05) is 26.2 Å². The predicted molar refractivity (Wildman–Crippen MR) is 51.6 cm³/mol. The van der Waals surface area contributed by atoms with E-state index in [4.69, 9.17) is 0 Å². The molecular weight excluding hydrogens is 228 g/mol. The van der Waals surface area contributed by atoms with Gasteiger partial charge in [-0.15, -0.1) is 0 Å². The highest BCUT2D eigenvalue weighted by molar-refractivity contribution is 4.70.